The number of carbonyl (C=O) groups excluding carboxylic acids is 1. The number of carboxylic acids is 1. The topological polar surface area (TPSA) is 91.6 Å². The Morgan fingerprint density at radius 1 is 1.11 bits per heavy atom. The molecule has 28 heavy (non-hydrogen) atoms. The third kappa shape index (κ3) is 4.57. The van der Waals surface area contributed by atoms with Gasteiger partial charge in [-0.05, 0) is 61.6 Å². The molecular weight excluding hydrogens is 400 g/mol. The summed E-state index contributed by atoms with van der Waals surface area (Å²) >= 11 is 11.4. The Labute approximate surface area is 171 Å². The largest absolute Gasteiger partial charge is 0.475 e. The van der Waals surface area contributed by atoms with E-state index < -0.39 is 5.97 Å². The molecule has 2 aromatic carbocycles. The Morgan fingerprint density at radius 3 is 2.57 bits per heavy atom. The number of nitrogens with one attached hydrogen (secondary N) is 2. The summed E-state index contributed by atoms with van der Waals surface area (Å²) in [5, 5.41) is 15.0. The third-order valence-electron chi connectivity index (χ3n) is 3.81. The van der Waals surface area contributed by atoms with Gasteiger partial charge >= 0.3 is 5.97 Å². The molecule has 1 amide bonds. The predicted octanol–water partition coefficient (Wildman–Crippen LogP) is 4.73. The molecular formula is C20H15ClN2O4S. The lowest BCUT2D eigenvalue weighted by molar-refractivity contribution is 0.0663. The fraction of sp³-hybridized carbons (Fsp3) is 0.0500. The number of carbonyl (C=O) groups is 2. The molecule has 0 bridgehead atoms. The maximum absolute atomic E-state index is 12.3. The molecule has 0 aliphatic heterocycles. The Morgan fingerprint density at radius 2 is 1.89 bits per heavy atom. The summed E-state index contributed by atoms with van der Waals surface area (Å²) < 4.78 is 5.29. The van der Waals surface area contributed by atoms with Gasteiger partial charge in [-0.1, -0.05) is 29.3 Å². The van der Waals surface area contributed by atoms with Gasteiger partial charge in [0.1, 0.15) is 5.76 Å². The van der Waals surface area contributed by atoms with Crippen LogP contribution in [0.25, 0.3) is 11.3 Å². The van der Waals surface area contributed by atoms with Gasteiger partial charge in [-0.25, -0.2) is 4.79 Å². The van der Waals surface area contributed by atoms with Crippen molar-refractivity contribution in [2.75, 3.05) is 5.32 Å². The van der Waals surface area contributed by atoms with Crippen molar-refractivity contribution in [2.45, 2.75) is 6.92 Å². The number of anilines is 1. The number of amides is 1. The number of halogens is 1. The van der Waals surface area contributed by atoms with E-state index in [9.17, 15) is 9.59 Å². The minimum absolute atomic E-state index is 0.116. The van der Waals surface area contributed by atoms with E-state index in [-0.39, 0.29) is 16.8 Å². The summed E-state index contributed by atoms with van der Waals surface area (Å²) in [6.07, 6.45) is 0. The van der Waals surface area contributed by atoms with Crippen LogP contribution in [0.2, 0.25) is 5.02 Å². The molecule has 0 aliphatic carbocycles. The summed E-state index contributed by atoms with van der Waals surface area (Å²) in [5.41, 5.74) is 2.51. The van der Waals surface area contributed by atoms with Gasteiger partial charge in [0.05, 0.1) is 5.02 Å². The molecule has 3 N–H and O–H groups in total. The van der Waals surface area contributed by atoms with Gasteiger partial charge in [0, 0.05) is 16.8 Å². The average Bonchev–Trinajstić information content (AvgIpc) is 3.13. The van der Waals surface area contributed by atoms with Gasteiger partial charge in [0.15, 0.2) is 5.11 Å². The van der Waals surface area contributed by atoms with Gasteiger partial charge in [-0.3, -0.25) is 10.1 Å². The number of thiocarbonyl (C=S) groups is 1. The van der Waals surface area contributed by atoms with Crippen LogP contribution in [0.1, 0.15) is 26.5 Å². The van der Waals surface area contributed by atoms with Crippen molar-refractivity contribution in [3.8, 4) is 11.3 Å². The number of aromatic carboxylic acids is 1. The van der Waals surface area contributed by atoms with Gasteiger partial charge in [0.2, 0.25) is 5.76 Å². The highest BCUT2D eigenvalue weighted by molar-refractivity contribution is 7.80. The molecule has 0 saturated carbocycles. The van der Waals surface area contributed by atoms with Crippen molar-refractivity contribution < 1.29 is 19.1 Å². The standard InChI is InChI=1S/C20H15ClN2O4S/c1-11-3-2-4-12(9-11)18(24)23-20(28)22-13-5-6-15(21)14(10-13)16-7-8-17(27-16)19(25)26/h2-10H,1H3,(H,25,26)(H2,22,23,24,28). The third-order valence-corrected chi connectivity index (χ3v) is 4.35. The molecule has 142 valence electrons. The molecule has 3 aromatic rings. The molecule has 0 aliphatic rings. The predicted molar refractivity (Wildman–Crippen MR) is 111 cm³/mol. The first-order valence-electron chi connectivity index (χ1n) is 8.15. The van der Waals surface area contributed by atoms with Crippen LogP contribution >= 0.6 is 23.8 Å². The monoisotopic (exact) mass is 414 g/mol. The Balaban J connectivity index is 1.74. The fourth-order valence-electron chi connectivity index (χ4n) is 2.51. The smallest absolute Gasteiger partial charge is 0.371 e. The van der Waals surface area contributed by atoms with Gasteiger partial charge in [0.25, 0.3) is 5.91 Å². The van der Waals surface area contributed by atoms with Crippen LogP contribution < -0.4 is 10.6 Å². The van der Waals surface area contributed by atoms with Gasteiger partial charge < -0.3 is 14.8 Å². The summed E-state index contributed by atoms with van der Waals surface area (Å²) in [6, 6.07) is 15.0. The molecule has 3 rings (SSSR count). The molecule has 0 unspecified atom stereocenters. The zero-order valence-electron chi connectivity index (χ0n) is 14.7. The van der Waals surface area contributed by atoms with Crippen molar-refractivity contribution in [2.24, 2.45) is 0 Å². The number of benzene rings is 2. The van der Waals surface area contributed by atoms with Crippen LogP contribution in [-0.2, 0) is 0 Å². The lowest BCUT2D eigenvalue weighted by Gasteiger charge is -2.11. The van der Waals surface area contributed by atoms with Crippen LogP contribution in [0.5, 0.6) is 0 Å². The van der Waals surface area contributed by atoms with Crippen LogP contribution in [0, 0.1) is 6.92 Å². The van der Waals surface area contributed by atoms with E-state index in [4.69, 9.17) is 33.3 Å². The van der Waals surface area contributed by atoms with E-state index in [2.05, 4.69) is 10.6 Å². The van der Waals surface area contributed by atoms with Crippen molar-refractivity contribution >= 4 is 46.5 Å². The first kappa shape index (κ1) is 19.6. The number of carboxylic acid groups (broad SMARTS) is 1. The maximum Gasteiger partial charge on any atom is 0.371 e. The highest BCUT2D eigenvalue weighted by Gasteiger charge is 2.14. The van der Waals surface area contributed by atoms with Crippen LogP contribution in [0.4, 0.5) is 5.69 Å². The van der Waals surface area contributed by atoms with E-state index >= 15 is 0 Å². The highest BCUT2D eigenvalue weighted by Crippen LogP contribution is 2.32. The van der Waals surface area contributed by atoms with E-state index in [0.29, 0.717) is 27.6 Å². The molecule has 1 heterocycles. The normalized spacial score (nSPS) is 10.4. The summed E-state index contributed by atoms with van der Waals surface area (Å²) in [7, 11) is 0. The van der Waals surface area contributed by atoms with Crippen LogP contribution in [0.15, 0.2) is 59.0 Å². The van der Waals surface area contributed by atoms with Crippen LogP contribution in [-0.4, -0.2) is 22.1 Å². The lowest BCUT2D eigenvalue weighted by atomic mass is 10.1. The first-order valence-corrected chi connectivity index (χ1v) is 8.94. The van der Waals surface area contributed by atoms with Crippen molar-refractivity contribution in [3.05, 3.63) is 76.5 Å². The zero-order chi connectivity index (χ0) is 20.3. The average molecular weight is 415 g/mol. The second-order valence-corrected chi connectivity index (χ2v) is 6.76. The molecule has 0 fully saturated rings. The second kappa shape index (κ2) is 8.24. The molecule has 0 spiro atoms. The maximum atomic E-state index is 12.3. The fourth-order valence-corrected chi connectivity index (χ4v) is 2.93. The number of rotatable bonds is 4. The Hall–Kier alpha value is -3.16. The van der Waals surface area contributed by atoms with Gasteiger partial charge in [-0.15, -0.1) is 0 Å². The van der Waals surface area contributed by atoms with Crippen molar-refractivity contribution in [1.29, 1.82) is 0 Å². The minimum Gasteiger partial charge on any atom is -0.475 e. The lowest BCUT2D eigenvalue weighted by Crippen LogP contribution is -2.34. The minimum atomic E-state index is -1.17. The highest BCUT2D eigenvalue weighted by atomic mass is 35.5. The Bertz CT molecular complexity index is 1080. The van der Waals surface area contributed by atoms with Crippen molar-refractivity contribution in [3.63, 3.8) is 0 Å². The molecule has 0 saturated heterocycles. The zero-order valence-corrected chi connectivity index (χ0v) is 16.2. The Kier molecular flexibility index (Phi) is 5.77. The second-order valence-electron chi connectivity index (χ2n) is 5.94. The molecule has 0 atom stereocenters. The van der Waals surface area contributed by atoms with E-state index in [1.54, 1.807) is 36.4 Å². The number of hydrogen-bond donors (Lipinski definition) is 3. The van der Waals surface area contributed by atoms with E-state index in [0.717, 1.165) is 5.56 Å². The molecule has 8 heteroatoms. The first-order chi connectivity index (χ1) is 13.3. The SMILES string of the molecule is Cc1cccc(C(=O)NC(=S)Nc2ccc(Cl)c(-c3ccc(C(=O)O)o3)c2)c1. The van der Waals surface area contributed by atoms with Crippen molar-refractivity contribution in [1.82, 2.24) is 5.32 Å². The number of furan rings is 1. The number of aryl methyl sites for hydroxylation is 1. The summed E-state index contributed by atoms with van der Waals surface area (Å²) in [5.74, 6) is -1.38. The quantitative estimate of drug-likeness (QED) is 0.534. The molecule has 0 radical (unpaired) electrons. The van der Waals surface area contributed by atoms with Crippen LogP contribution in [0.3, 0.4) is 0 Å². The number of hydrogen-bond acceptors (Lipinski definition) is 4. The molecule has 6 nitrogen and oxygen atoms in total. The van der Waals surface area contributed by atoms with E-state index in [1.165, 1.54) is 12.1 Å². The summed E-state index contributed by atoms with van der Waals surface area (Å²) in [4.78, 5) is 23.3. The van der Waals surface area contributed by atoms with E-state index in [1.807, 2.05) is 13.0 Å². The van der Waals surface area contributed by atoms with Gasteiger partial charge in [-0.2, -0.15) is 0 Å². The summed E-state index contributed by atoms with van der Waals surface area (Å²) in [6.45, 7) is 1.90. The molecule has 1 aromatic heterocycles.